The maximum Gasteiger partial charge on any atom is 0.303 e. The van der Waals surface area contributed by atoms with Crippen LogP contribution in [0.4, 0.5) is 0 Å². The molecule has 1 N–H and O–H groups in total. The van der Waals surface area contributed by atoms with Crippen LogP contribution in [-0.4, -0.2) is 50.2 Å². The lowest BCUT2D eigenvalue weighted by atomic mass is 10.1. The molecule has 0 atom stereocenters. The van der Waals surface area contributed by atoms with Crippen LogP contribution in [0.5, 0.6) is 0 Å². The van der Waals surface area contributed by atoms with Crippen LogP contribution in [0.1, 0.15) is 48.8 Å². The lowest BCUT2D eigenvalue weighted by molar-refractivity contribution is -0.137. The molecule has 2 rings (SSSR count). The topological polar surface area (TPSA) is 88.3 Å². The molecule has 23 heavy (non-hydrogen) atoms. The molecule has 2 aromatic rings. The number of rotatable bonds is 6. The largest absolute Gasteiger partial charge is 0.481 e. The molecule has 0 aliphatic carbocycles. The highest BCUT2D eigenvalue weighted by Gasteiger charge is 2.18. The maximum absolute atomic E-state index is 12.5. The number of aromatic nitrogens is 3. The van der Waals surface area contributed by atoms with E-state index in [1.54, 1.807) is 26.2 Å². The van der Waals surface area contributed by atoms with Gasteiger partial charge < -0.3 is 10.0 Å². The van der Waals surface area contributed by atoms with Crippen LogP contribution in [0.2, 0.25) is 0 Å². The number of carboxylic acids is 1. The maximum atomic E-state index is 12.5. The summed E-state index contributed by atoms with van der Waals surface area (Å²) >= 11 is 0. The quantitative estimate of drug-likeness (QED) is 0.882. The van der Waals surface area contributed by atoms with Gasteiger partial charge in [0.15, 0.2) is 5.65 Å². The third-order valence-electron chi connectivity index (χ3n) is 3.71. The number of hydrogen-bond donors (Lipinski definition) is 1. The molecule has 0 spiro atoms. The number of carbonyl (C=O) groups is 2. The van der Waals surface area contributed by atoms with Gasteiger partial charge in [-0.15, -0.1) is 0 Å². The smallest absolute Gasteiger partial charge is 0.303 e. The average molecular weight is 318 g/mol. The fraction of sp³-hybridized carbons (Fsp3) is 0.500. The minimum atomic E-state index is -0.855. The Kier molecular flexibility index (Phi) is 4.98. The first kappa shape index (κ1) is 16.9. The van der Waals surface area contributed by atoms with E-state index in [1.807, 2.05) is 18.5 Å². The molecule has 0 aliphatic heterocycles. The van der Waals surface area contributed by atoms with Crippen molar-refractivity contribution in [2.45, 2.75) is 39.7 Å². The number of amides is 1. The Bertz CT molecular complexity index is 736. The number of aryl methyl sites for hydroxylation is 1. The van der Waals surface area contributed by atoms with Crippen molar-refractivity contribution in [1.29, 1.82) is 0 Å². The molecule has 7 nitrogen and oxygen atoms in total. The third kappa shape index (κ3) is 3.67. The highest BCUT2D eigenvalue weighted by molar-refractivity contribution is 5.98. The summed E-state index contributed by atoms with van der Waals surface area (Å²) < 4.78 is 1.83. The van der Waals surface area contributed by atoms with E-state index in [2.05, 4.69) is 10.1 Å². The van der Waals surface area contributed by atoms with Gasteiger partial charge in [0, 0.05) is 31.4 Å². The van der Waals surface area contributed by atoms with E-state index in [0.717, 1.165) is 11.0 Å². The van der Waals surface area contributed by atoms with Crippen LogP contribution in [0.3, 0.4) is 0 Å². The molecule has 7 heteroatoms. The van der Waals surface area contributed by atoms with E-state index in [1.165, 1.54) is 4.90 Å². The van der Waals surface area contributed by atoms with Gasteiger partial charge in [0.1, 0.15) is 0 Å². The normalized spacial score (nSPS) is 11.2. The Morgan fingerprint density at radius 1 is 1.39 bits per heavy atom. The minimum Gasteiger partial charge on any atom is -0.481 e. The summed E-state index contributed by atoms with van der Waals surface area (Å²) in [5, 5.41) is 13.8. The molecule has 0 bridgehead atoms. The lowest BCUT2D eigenvalue weighted by Crippen LogP contribution is -2.29. The fourth-order valence-electron chi connectivity index (χ4n) is 2.43. The van der Waals surface area contributed by atoms with Gasteiger partial charge in [-0.25, -0.2) is 9.67 Å². The van der Waals surface area contributed by atoms with Gasteiger partial charge >= 0.3 is 5.97 Å². The Balaban J connectivity index is 2.23. The summed E-state index contributed by atoms with van der Waals surface area (Å²) in [6.07, 6.45) is 2.19. The number of nitrogens with zero attached hydrogens (tertiary/aromatic N) is 4. The molecule has 0 aromatic carbocycles. The molecule has 0 fully saturated rings. The first-order chi connectivity index (χ1) is 10.8. The Labute approximate surface area is 134 Å². The second-order valence-electron chi connectivity index (χ2n) is 5.94. The fourth-order valence-corrected chi connectivity index (χ4v) is 2.43. The van der Waals surface area contributed by atoms with Crippen LogP contribution in [0, 0.1) is 6.92 Å². The van der Waals surface area contributed by atoms with Crippen molar-refractivity contribution in [2.24, 2.45) is 0 Å². The summed E-state index contributed by atoms with van der Waals surface area (Å²) in [4.78, 5) is 29.2. The van der Waals surface area contributed by atoms with Gasteiger partial charge in [0.2, 0.25) is 0 Å². The zero-order valence-electron chi connectivity index (χ0n) is 13.9. The highest BCUT2D eigenvalue weighted by atomic mass is 16.4. The average Bonchev–Trinajstić information content (AvgIpc) is 2.87. The Morgan fingerprint density at radius 3 is 2.70 bits per heavy atom. The molecular formula is C16H22N4O3. The van der Waals surface area contributed by atoms with Gasteiger partial charge in [-0.1, -0.05) is 0 Å². The summed E-state index contributed by atoms with van der Waals surface area (Å²) in [6.45, 7) is 6.25. The van der Waals surface area contributed by atoms with Crippen LogP contribution >= 0.6 is 0 Å². The van der Waals surface area contributed by atoms with Crippen molar-refractivity contribution in [3.05, 3.63) is 23.5 Å². The molecule has 0 aliphatic rings. The highest BCUT2D eigenvalue weighted by Crippen LogP contribution is 2.20. The second kappa shape index (κ2) is 6.76. The number of aliphatic carboxylic acids is 1. The van der Waals surface area contributed by atoms with Gasteiger partial charge in [-0.3, -0.25) is 9.59 Å². The Hall–Kier alpha value is -2.44. The summed E-state index contributed by atoms with van der Waals surface area (Å²) in [5.41, 5.74) is 1.94. The number of fused-ring (bicyclic) bond motifs is 1. The van der Waals surface area contributed by atoms with E-state index in [9.17, 15) is 9.59 Å². The van der Waals surface area contributed by atoms with Gasteiger partial charge in [-0.05, 0) is 33.3 Å². The van der Waals surface area contributed by atoms with Crippen molar-refractivity contribution in [3.63, 3.8) is 0 Å². The van der Waals surface area contributed by atoms with E-state index < -0.39 is 5.97 Å². The van der Waals surface area contributed by atoms with Crippen molar-refractivity contribution < 1.29 is 14.7 Å². The predicted octanol–water partition coefficient (Wildman–Crippen LogP) is 2.26. The zero-order valence-corrected chi connectivity index (χ0v) is 13.9. The Morgan fingerprint density at radius 2 is 2.09 bits per heavy atom. The van der Waals surface area contributed by atoms with Crippen LogP contribution in [0.25, 0.3) is 11.0 Å². The van der Waals surface area contributed by atoms with Crippen molar-refractivity contribution in [3.8, 4) is 0 Å². The van der Waals surface area contributed by atoms with Gasteiger partial charge in [0.05, 0.1) is 17.5 Å². The van der Waals surface area contributed by atoms with Crippen LogP contribution in [0.15, 0.2) is 12.3 Å². The van der Waals surface area contributed by atoms with Gasteiger partial charge in [-0.2, -0.15) is 5.10 Å². The van der Waals surface area contributed by atoms with E-state index in [-0.39, 0.29) is 18.4 Å². The minimum absolute atomic E-state index is 0.0506. The molecule has 2 aromatic heterocycles. The van der Waals surface area contributed by atoms with Crippen molar-refractivity contribution in [1.82, 2.24) is 19.7 Å². The number of pyridine rings is 1. The lowest BCUT2D eigenvalue weighted by Gasteiger charge is -2.18. The summed E-state index contributed by atoms with van der Waals surface area (Å²) in [7, 11) is 1.67. The number of carbonyl (C=O) groups excluding carboxylic acids is 1. The van der Waals surface area contributed by atoms with Crippen LogP contribution in [-0.2, 0) is 4.79 Å². The van der Waals surface area contributed by atoms with Gasteiger partial charge in [0.25, 0.3) is 5.91 Å². The predicted molar refractivity (Wildman–Crippen MR) is 86.5 cm³/mol. The standard InChI is InChI=1S/C16H22N4O3/c1-10(2)20-15-12(9-17-20)8-13(11(3)18-15)16(23)19(4)7-5-6-14(21)22/h8-10H,5-7H2,1-4H3,(H,21,22). The molecule has 0 unspecified atom stereocenters. The second-order valence-corrected chi connectivity index (χ2v) is 5.94. The first-order valence-electron chi connectivity index (χ1n) is 7.63. The molecule has 0 saturated carbocycles. The molecule has 0 radical (unpaired) electrons. The first-order valence-corrected chi connectivity index (χ1v) is 7.63. The summed E-state index contributed by atoms with van der Waals surface area (Å²) in [6, 6.07) is 2.00. The van der Waals surface area contributed by atoms with Crippen molar-refractivity contribution >= 4 is 22.9 Å². The summed E-state index contributed by atoms with van der Waals surface area (Å²) in [5.74, 6) is -1.01. The number of hydrogen-bond acceptors (Lipinski definition) is 4. The molecule has 124 valence electrons. The molecule has 1 amide bonds. The zero-order chi connectivity index (χ0) is 17.1. The van der Waals surface area contributed by atoms with Crippen LogP contribution < -0.4 is 0 Å². The van der Waals surface area contributed by atoms with Crippen molar-refractivity contribution in [2.75, 3.05) is 13.6 Å². The van der Waals surface area contributed by atoms with E-state index in [4.69, 9.17) is 5.11 Å². The molecule has 0 saturated heterocycles. The molecular weight excluding hydrogens is 296 g/mol. The third-order valence-corrected chi connectivity index (χ3v) is 3.71. The number of carboxylic acid groups (broad SMARTS) is 1. The van der Waals surface area contributed by atoms with E-state index >= 15 is 0 Å². The SMILES string of the molecule is Cc1nc2c(cnn2C(C)C)cc1C(=O)N(C)CCCC(=O)O. The molecule has 2 heterocycles. The monoisotopic (exact) mass is 318 g/mol. The van der Waals surface area contributed by atoms with E-state index in [0.29, 0.717) is 24.2 Å².